The number of nitrogens with zero attached hydrogens (tertiary/aromatic N) is 6. The second kappa shape index (κ2) is 13.0. The van der Waals surface area contributed by atoms with E-state index in [1.54, 1.807) is 35.9 Å². The summed E-state index contributed by atoms with van der Waals surface area (Å²) in [5, 5.41) is 20.3. The predicted octanol–water partition coefficient (Wildman–Crippen LogP) is 3.01. The van der Waals surface area contributed by atoms with E-state index in [2.05, 4.69) is 46.3 Å². The first-order valence-corrected chi connectivity index (χ1v) is 13.9. The van der Waals surface area contributed by atoms with Crippen molar-refractivity contribution in [3.8, 4) is 22.9 Å². The molecule has 5 aromatic rings. The van der Waals surface area contributed by atoms with Crippen molar-refractivity contribution < 1.29 is 14.3 Å². The Morgan fingerprint density at radius 2 is 1.36 bits per heavy atom. The number of amides is 1. The number of H-pyrrole nitrogens is 2. The third kappa shape index (κ3) is 7.31. The number of ether oxygens (including phenoxy) is 2. The van der Waals surface area contributed by atoms with E-state index in [1.165, 1.54) is 7.11 Å². The van der Waals surface area contributed by atoms with Crippen LogP contribution in [0.5, 0.6) is 11.5 Å². The van der Waals surface area contributed by atoms with Crippen molar-refractivity contribution in [2.45, 2.75) is 52.4 Å². The zero-order chi connectivity index (χ0) is 32.9. The summed E-state index contributed by atoms with van der Waals surface area (Å²) >= 11 is 0. The van der Waals surface area contributed by atoms with Crippen LogP contribution in [0.1, 0.15) is 63.3 Å². The summed E-state index contributed by atoms with van der Waals surface area (Å²) in [6.07, 6.45) is 0. The van der Waals surface area contributed by atoms with Gasteiger partial charge in [0, 0.05) is 10.8 Å². The second-order valence-electron chi connectivity index (χ2n) is 11.9. The molecule has 15 nitrogen and oxygen atoms in total. The molecule has 0 aliphatic heterocycles. The van der Waals surface area contributed by atoms with E-state index in [0.29, 0.717) is 40.1 Å². The fraction of sp³-hybridized carbons (Fsp3) is 0.333. The summed E-state index contributed by atoms with van der Waals surface area (Å²) in [5.74, 6) is 1.56. The SMILES string of the molecule is COc1ccccc1-c1nnc2[nH]c(=O)c(C(C)(C)C)nn12.COc1ccccc1C(=O)NNc1nnc(C(C)(C)C)c(=O)[nH]1. The van der Waals surface area contributed by atoms with Gasteiger partial charge in [-0.15, -0.1) is 20.4 Å². The molecule has 0 unspecified atom stereocenters. The van der Waals surface area contributed by atoms with Crippen molar-refractivity contribution in [3.63, 3.8) is 0 Å². The summed E-state index contributed by atoms with van der Waals surface area (Å²) in [4.78, 5) is 41.5. The average molecular weight is 617 g/mol. The molecule has 3 heterocycles. The number of hydrogen-bond donors (Lipinski definition) is 4. The number of hydrogen-bond acceptors (Lipinski definition) is 11. The number of aromatic amines is 2. The lowest BCUT2D eigenvalue weighted by molar-refractivity contribution is 0.0959. The largest absolute Gasteiger partial charge is 0.496 e. The van der Waals surface area contributed by atoms with Gasteiger partial charge >= 0.3 is 0 Å². The van der Waals surface area contributed by atoms with E-state index >= 15 is 0 Å². The molecular weight excluding hydrogens is 580 g/mol. The smallest absolute Gasteiger partial charge is 0.274 e. The van der Waals surface area contributed by atoms with Crippen molar-refractivity contribution in [1.29, 1.82) is 0 Å². The maximum Gasteiger partial charge on any atom is 0.274 e. The molecule has 45 heavy (non-hydrogen) atoms. The number of benzene rings is 2. The highest BCUT2D eigenvalue weighted by atomic mass is 16.5. The summed E-state index contributed by atoms with van der Waals surface area (Å²) in [5.41, 5.74) is 5.41. The summed E-state index contributed by atoms with van der Waals surface area (Å²) in [7, 11) is 3.08. The molecule has 0 bridgehead atoms. The van der Waals surface area contributed by atoms with Crippen molar-refractivity contribution in [3.05, 3.63) is 86.2 Å². The number of carbonyl (C=O) groups is 1. The van der Waals surface area contributed by atoms with Crippen LogP contribution in [0.3, 0.4) is 0 Å². The van der Waals surface area contributed by atoms with Crippen LogP contribution in [0.15, 0.2) is 58.1 Å². The third-order valence-corrected chi connectivity index (χ3v) is 6.39. The van der Waals surface area contributed by atoms with Crippen LogP contribution >= 0.6 is 0 Å². The molecule has 5 rings (SSSR count). The van der Waals surface area contributed by atoms with E-state index in [-0.39, 0.29) is 22.5 Å². The first-order valence-electron chi connectivity index (χ1n) is 13.9. The van der Waals surface area contributed by atoms with Gasteiger partial charge in [0.15, 0.2) is 5.82 Å². The Morgan fingerprint density at radius 3 is 1.98 bits per heavy atom. The zero-order valence-electron chi connectivity index (χ0n) is 26.3. The summed E-state index contributed by atoms with van der Waals surface area (Å²) in [6, 6.07) is 14.2. The molecule has 0 atom stereocenters. The number of nitrogens with one attached hydrogen (secondary N) is 4. The Balaban J connectivity index is 0.000000205. The fourth-order valence-corrected chi connectivity index (χ4v) is 4.15. The van der Waals surface area contributed by atoms with Gasteiger partial charge in [-0.2, -0.15) is 9.61 Å². The van der Waals surface area contributed by atoms with Crippen LogP contribution in [0.4, 0.5) is 5.95 Å². The average Bonchev–Trinajstić information content (AvgIpc) is 3.41. The van der Waals surface area contributed by atoms with Gasteiger partial charge in [0.05, 0.1) is 25.3 Å². The second-order valence-corrected chi connectivity index (χ2v) is 11.9. The van der Waals surface area contributed by atoms with Gasteiger partial charge in [0.2, 0.25) is 5.95 Å². The van der Waals surface area contributed by atoms with Gasteiger partial charge in [-0.1, -0.05) is 65.8 Å². The van der Waals surface area contributed by atoms with Crippen molar-refractivity contribution >= 4 is 17.6 Å². The minimum atomic E-state index is -0.426. The van der Waals surface area contributed by atoms with Crippen molar-refractivity contribution in [2.75, 3.05) is 19.6 Å². The van der Waals surface area contributed by atoms with Crippen LogP contribution < -0.4 is 31.4 Å². The minimum absolute atomic E-state index is 0.0475. The van der Waals surface area contributed by atoms with Crippen LogP contribution in [0.25, 0.3) is 17.2 Å². The lowest BCUT2D eigenvalue weighted by Crippen LogP contribution is -2.34. The fourth-order valence-electron chi connectivity index (χ4n) is 4.15. The molecule has 0 saturated heterocycles. The molecular formula is C30H36N10O5. The maximum atomic E-state index is 12.1. The Hall–Kier alpha value is -5.60. The minimum Gasteiger partial charge on any atom is -0.496 e. The topological polar surface area (TPSA) is 194 Å². The maximum absolute atomic E-state index is 12.1. The van der Waals surface area contributed by atoms with Gasteiger partial charge in [-0.05, 0) is 24.3 Å². The molecule has 0 saturated carbocycles. The summed E-state index contributed by atoms with van der Waals surface area (Å²) < 4.78 is 12.0. The van der Waals surface area contributed by atoms with Crippen molar-refractivity contribution in [1.82, 2.24) is 45.4 Å². The molecule has 1 amide bonds. The van der Waals surface area contributed by atoms with Gasteiger partial charge in [-0.25, -0.2) is 0 Å². The van der Waals surface area contributed by atoms with E-state index in [0.717, 1.165) is 5.56 Å². The van der Waals surface area contributed by atoms with Gasteiger partial charge in [0.1, 0.15) is 22.9 Å². The van der Waals surface area contributed by atoms with Gasteiger partial charge < -0.3 is 9.47 Å². The molecule has 2 aromatic carbocycles. The number of para-hydroxylation sites is 2. The van der Waals surface area contributed by atoms with E-state index < -0.39 is 11.3 Å². The third-order valence-electron chi connectivity index (χ3n) is 6.39. The van der Waals surface area contributed by atoms with E-state index in [4.69, 9.17) is 9.47 Å². The molecule has 4 N–H and O–H groups in total. The Bertz CT molecular complexity index is 1930. The molecule has 0 fully saturated rings. The van der Waals surface area contributed by atoms with Gasteiger partial charge in [0.25, 0.3) is 22.8 Å². The monoisotopic (exact) mass is 616 g/mol. The number of aromatic nitrogens is 8. The highest BCUT2D eigenvalue weighted by Crippen LogP contribution is 2.28. The number of rotatable bonds is 6. The van der Waals surface area contributed by atoms with Crippen molar-refractivity contribution in [2.24, 2.45) is 0 Å². The number of methoxy groups -OCH3 is 2. The molecule has 3 aromatic heterocycles. The summed E-state index contributed by atoms with van der Waals surface area (Å²) in [6.45, 7) is 11.4. The first kappa shape index (κ1) is 32.3. The van der Waals surface area contributed by atoms with Crippen LogP contribution in [-0.4, -0.2) is 60.1 Å². The molecule has 0 spiro atoms. The number of carbonyl (C=O) groups excluding carboxylic acids is 1. The Labute approximate surface area is 258 Å². The molecule has 0 aliphatic rings. The highest BCUT2D eigenvalue weighted by molar-refractivity contribution is 5.97. The predicted molar refractivity (Wildman–Crippen MR) is 168 cm³/mol. The lowest BCUT2D eigenvalue weighted by atomic mass is 9.93. The zero-order valence-corrected chi connectivity index (χ0v) is 26.3. The Morgan fingerprint density at radius 1 is 0.756 bits per heavy atom. The van der Waals surface area contributed by atoms with Crippen LogP contribution in [0.2, 0.25) is 0 Å². The molecule has 0 aliphatic carbocycles. The number of fused-ring (bicyclic) bond motifs is 1. The standard InChI is InChI=1S/C15H19N5O3.C15H17N5O2/c1-15(2,3)11-13(22)16-14(19-17-11)20-18-12(21)9-7-5-6-8-10(9)23-4;1-15(2,3)11-13(21)16-14-18-17-12(20(14)19-11)9-7-5-6-8-10(9)22-4/h5-8H,1-4H3,(H,18,21)(H2,16,19,20,22);5-8H,1-4H3,(H,16,18,21). The highest BCUT2D eigenvalue weighted by Gasteiger charge is 2.24. The van der Waals surface area contributed by atoms with Crippen LogP contribution in [-0.2, 0) is 10.8 Å². The molecule has 236 valence electrons. The molecule has 15 heteroatoms. The Kier molecular flexibility index (Phi) is 9.30. The van der Waals surface area contributed by atoms with Gasteiger partial charge in [-0.3, -0.25) is 35.2 Å². The molecule has 0 radical (unpaired) electrons. The normalized spacial score (nSPS) is 11.4. The van der Waals surface area contributed by atoms with E-state index in [1.807, 2.05) is 65.8 Å². The number of anilines is 1. The first-order chi connectivity index (χ1) is 21.2. The quantitative estimate of drug-likeness (QED) is 0.205. The van der Waals surface area contributed by atoms with Crippen LogP contribution in [0, 0.1) is 0 Å². The lowest BCUT2D eigenvalue weighted by Gasteiger charge is -2.16. The number of hydrazine groups is 1. The van der Waals surface area contributed by atoms with E-state index in [9.17, 15) is 14.4 Å².